The van der Waals surface area contributed by atoms with Crippen LogP contribution in [0.2, 0.25) is 5.02 Å². The molecule has 0 saturated carbocycles. The van der Waals surface area contributed by atoms with Gasteiger partial charge in [0.1, 0.15) is 5.69 Å². The number of ether oxygens (including phenoxy) is 1. The van der Waals surface area contributed by atoms with Crippen LogP contribution in [0.3, 0.4) is 0 Å². The zero-order valence-electron chi connectivity index (χ0n) is 19.0. The van der Waals surface area contributed by atoms with Crippen LogP contribution in [0.4, 0.5) is 0 Å². The highest BCUT2D eigenvalue weighted by Gasteiger charge is 2.24. The molecule has 0 bridgehead atoms. The first-order chi connectivity index (χ1) is 16.3. The number of hydrogen-bond acceptors (Lipinski definition) is 4. The van der Waals surface area contributed by atoms with Gasteiger partial charge in [-0.05, 0) is 48.0 Å². The highest BCUT2D eigenvalue weighted by molar-refractivity contribution is 6.31. The van der Waals surface area contributed by atoms with Crippen LogP contribution in [-0.4, -0.2) is 42.5 Å². The summed E-state index contributed by atoms with van der Waals surface area (Å²) >= 11 is 6.27. The second kappa shape index (κ2) is 9.53. The summed E-state index contributed by atoms with van der Waals surface area (Å²) in [5.41, 5.74) is 2.71. The van der Waals surface area contributed by atoms with E-state index in [0.717, 1.165) is 5.56 Å². The van der Waals surface area contributed by atoms with E-state index in [4.69, 9.17) is 16.3 Å². The molecule has 4 aromatic rings. The minimum atomic E-state index is -0.628. The van der Waals surface area contributed by atoms with E-state index in [1.807, 2.05) is 30.3 Å². The van der Waals surface area contributed by atoms with Crippen molar-refractivity contribution in [1.29, 1.82) is 0 Å². The van der Waals surface area contributed by atoms with Gasteiger partial charge in [0, 0.05) is 47.7 Å². The van der Waals surface area contributed by atoms with Gasteiger partial charge < -0.3 is 14.2 Å². The van der Waals surface area contributed by atoms with E-state index in [1.165, 1.54) is 12.0 Å². The normalized spacial score (nSPS) is 10.8. The molecule has 0 radical (unpaired) electrons. The van der Waals surface area contributed by atoms with Crippen molar-refractivity contribution in [3.05, 3.63) is 110 Å². The number of esters is 1. The maximum atomic E-state index is 13.6. The molecule has 0 fully saturated rings. The number of fused-ring (bicyclic) bond motifs is 1. The molecule has 172 valence electrons. The Morgan fingerprint density at radius 1 is 0.971 bits per heavy atom. The molecule has 3 aromatic carbocycles. The first-order valence-electron chi connectivity index (χ1n) is 10.6. The summed E-state index contributed by atoms with van der Waals surface area (Å²) in [4.78, 5) is 40.4. The third kappa shape index (κ3) is 4.32. The molecule has 0 saturated heterocycles. The first kappa shape index (κ1) is 23.3. The zero-order chi connectivity index (χ0) is 24.4. The number of halogens is 1. The number of benzene rings is 3. The van der Waals surface area contributed by atoms with Crippen LogP contribution < -0.4 is 5.43 Å². The summed E-state index contributed by atoms with van der Waals surface area (Å²) in [7, 11) is 4.66. The molecule has 0 atom stereocenters. The van der Waals surface area contributed by atoms with Crippen LogP contribution in [-0.2, 0) is 11.2 Å². The Bertz CT molecular complexity index is 1440. The van der Waals surface area contributed by atoms with Gasteiger partial charge in [0.2, 0.25) is 0 Å². The van der Waals surface area contributed by atoms with Crippen molar-refractivity contribution in [2.24, 2.45) is 0 Å². The first-order valence-corrected chi connectivity index (χ1v) is 11.0. The maximum absolute atomic E-state index is 13.6. The Morgan fingerprint density at radius 2 is 1.65 bits per heavy atom. The minimum Gasteiger partial charge on any atom is -0.464 e. The lowest BCUT2D eigenvalue weighted by Gasteiger charge is -2.20. The van der Waals surface area contributed by atoms with Crippen LogP contribution in [0.25, 0.3) is 16.6 Å². The number of pyridine rings is 1. The Balaban J connectivity index is 1.97. The van der Waals surface area contributed by atoms with Crippen molar-refractivity contribution >= 4 is 34.4 Å². The Kier molecular flexibility index (Phi) is 6.52. The van der Waals surface area contributed by atoms with Gasteiger partial charge in [-0.15, -0.1) is 0 Å². The second-order valence-electron chi connectivity index (χ2n) is 8.05. The number of carbonyl (C=O) groups is 2. The lowest BCUT2D eigenvalue weighted by atomic mass is 9.98. The maximum Gasteiger partial charge on any atom is 0.355 e. The molecule has 0 aliphatic heterocycles. The highest BCUT2D eigenvalue weighted by atomic mass is 35.5. The van der Waals surface area contributed by atoms with E-state index < -0.39 is 5.97 Å². The Morgan fingerprint density at radius 3 is 2.26 bits per heavy atom. The molecule has 0 N–H and O–H groups in total. The van der Waals surface area contributed by atoms with E-state index in [-0.39, 0.29) is 23.5 Å². The summed E-state index contributed by atoms with van der Waals surface area (Å²) in [5.74, 6) is -0.743. The van der Waals surface area contributed by atoms with Gasteiger partial charge in [0.05, 0.1) is 12.6 Å². The number of rotatable bonds is 5. The Labute approximate surface area is 202 Å². The fourth-order valence-corrected chi connectivity index (χ4v) is 4.12. The molecule has 0 aliphatic rings. The van der Waals surface area contributed by atoms with Crippen LogP contribution in [0.15, 0.2) is 77.6 Å². The number of para-hydroxylation sites is 1. The SMILES string of the molecule is COC(=O)c1c(Cc2ccc(C(=O)N(C)C)cc2)c(=O)c2ccc(Cl)cc2n1-c1ccccc1. The van der Waals surface area contributed by atoms with E-state index >= 15 is 0 Å². The molecule has 0 unspecified atom stereocenters. The summed E-state index contributed by atoms with van der Waals surface area (Å²) < 4.78 is 6.82. The van der Waals surface area contributed by atoms with Crippen molar-refractivity contribution in [2.75, 3.05) is 21.2 Å². The number of hydrogen-bond donors (Lipinski definition) is 0. The van der Waals surface area contributed by atoms with Gasteiger partial charge in [-0.3, -0.25) is 9.59 Å². The molecular weight excluding hydrogens is 452 g/mol. The highest BCUT2D eigenvalue weighted by Crippen LogP contribution is 2.26. The monoisotopic (exact) mass is 474 g/mol. The third-order valence-corrected chi connectivity index (χ3v) is 5.85. The van der Waals surface area contributed by atoms with Crippen LogP contribution >= 0.6 is 11.6 Å². The van der Waals surface area contributed by atoms with Crippen LogP contribution in [0, 0.1) is 0 Å². The van der Waals surface area contributed by atoms with E-state index in [0.29, 0.717) is 32.7 Å². The molecular formula is C27H23ClN2O4. The van der Waals surface area contributed by atoms with E-state index in [1.54, 1.807) is 61.1 Å². The second-order valence-corrected chi connectivity index (χ2v) is 8.49. The lowest BCUT2D eigenvalue weighted by Crippen LogP contribution is -2.24. The van der Waals surface area contributed by atoms with E-state index in [9.17, 15) is 14.4 Å². The van der Waals surface area contributed by atoms with Crippen molar-refractivity contribution in [2.45, 2.75) is 6.42 Å². The average Bonchev–Trinajstić information content (AvgIpc) is 2.85. The number of carbonyl (C=O) groups excluding carboxylic acids is 2. The Hall–Kier alpha value is -3.90. The quantitative estimate of drug-likeness (QED) is 0.392. The molecule has 0 spiro atoms. The van der Waals surface area contributed by atoms with Gasteiger partial charge in [-0.25, -0.2) is 4.79 Å². The van der Waals surface area contributed by atoms with Gasteiger partial charge >= 0.3 is 5.97 Å². The largest absolute Gasteiger partial charge is 0.464 e. The summed E-state index contributed by atoms with van der Waals surface area (Å²) in [6.07, 6.45) is 0.186. The van der Waals surface area contributed by atoms with Crippen LogP contribution in [0.5, 0.6) is 0 Å². The third-order valence-electron chi connectivity index (χ3n) is 5.61. The van der Waals surface area contributed by atoms with Gasteiger partial charge in [-0.1, -0.05) is 41.9 Å². The van der Waals surface area contributed by atoms with Crippen molar-refractivity contribution in [3.63, 3.8) is 0 Å². The van der Waals surface area contributed by atoms with Gasteiger partial charge in [0.25, 0.3) is 5.91 Å². The lowest BCUT2D eigenvalue weighted by molar-refractivity contribution is 0.0589. The number of aromatic nitrogens is 1. The smallest absolute Gasteiger partial charge is 0.355 e. The topological polar surface area (TPSA) is 68.6 Å². The van der Waals surface area contributed by atoms with Crippen molar-refractivity contribution in [1.82, 2.24) is 9.47 Å². The fourth-order valence-electron chi connectivity index (χ4n) is 3.96. The summed E-state index contributed by atoms with van der Waals surface area (Å²) in [6.45, 7) is 0. The molecule has 4 rings (SSSR count). The molecule has 0 aliphatic carbocycles. The van der Waals surface area contributed by atoms with Crippen molar-refractivity contribution < 1.29 is 14.3 Å². The van der Waals surface area contributed by atoms with Gasteiger partial charge in [0.15, 0.2) is 5.43 Å². The summed E-state index contributed by atoms with van der Waals surface area (Å²) in [6, 6.07) is 21.3. The van der Waals surface area contributed by atoms with E-state index in [2.05, 4.69) is 0 Å². The molecule has 1 amide bonds. The summed E-state index contributed by atoms with van der Waals surface area (Å²) in [5, 5.41) is 0.886. The predicted molar refractivity (Wildman–Crippen MR) is 133 cm³/mol. The van der Waals surface area contributed by atoms with Gasteiger partial charge in [-0.2, -0.15) is 0 Å². The molecule has 6 nitrogen and oxygen atoms in total. The standard InChI is InChI=1S/C27H23ClN2O4/c1-29(2)26(32)18-11-9-17(10-12-18)15-22-24(27(33)34-3)30(20-7-5-4-6-8-20)23-16-19(28)13-14-21(23)25(22)31/h4-14,16H,15H2,1-3H3. The molecule has 7 heteroatoms. The number of amides is 1. The molecule has 34 heavy (non-hydrogen) atoms. The number of nitrogens with zero attached hydrogens (tertiary/aromatic N) is 2. The average molecular weight is 475 g/mol. The zero-order valence-corrected chi connectivity index (χ0v) is 19.8. The predicted octanol–water partition coefficient (Wildman–Crippen LogP) is 4.72. The van der Waals surface area contributed by atoms with Crippen LogP contribution in [0.1, 0.15) is 32.0 Å². The molecule has 1 aromatic heterocycles. The minimum absolute atomic E-state index is 0.115. The fraction of sp³-hybridized carbons (Fsp3) is 0.148. The van der Waals surface area contributed by atoms with Crippen molar-refractivity contribution in [3.8, 4) is 5.69 Å². The molecule has 1 heterocycles. The number of methoxy groups -OCH3 is 1.